The van der Waals surface area contributed by atoms with Gasteiger partial charge in [0, 0.05) is 12.2 Å². The Kier molecular flexibility index (Phi) is 7.97. The first kappa shape index (κ1) is 23.1. The van der Waals surface area contributed by atoms with E-state index >= 15 is 0 Å². The number of hydrogen-bond donors (Lipinski definition) is 0. The number of benzene rings is 3. The van der Waals surface area contributed by atoms with E-state index in [0.717, 1.165) is 21.9 Å². The number of rotatable bonds is 8. The number of carbonyl (C=O) groups is 2. The molecular formula is C27H23NO6. The smallest absolute Gasteiger partial charge is 0.333 e. The van der Waals surface area contributed by atoms with Crippen molar-refractivity contribution in [2.75, 3.05) is 0 Å². The Bertz CT molecular complexity index is 1060. The zero-order valence-electron chi connectivity index (χ0n) is 18.2. The molecule has 1 aliphatic rings. The van der Waals surface area contributed by atoms with Crippen molar-refractivity contribution in [3.8, 4) is 0 Å². The number of nitrogens with zero attached hydrogens (tertiary/aromatic N) is 1. The maximum absolute atomic E-state index is 12.4. The average molecular weight is 457 g/mol. The Morgan fingerprint density at radius 3 is 1.53 bits per heavy atom. The van der Waals surface area contributed by atoms with Gasteiger partial charge in [0.25, 0.3) is 12.6 Å². The van der Waals surface area contributed by atoms with Crippen LogP contribution in [0.25, 0.3) is 12.2 Å². The minimum Gasteiger partial charge on any atom is -0.424 e. The van der Waals surface area contributed by atoms with Crippen LogP contribution in [0.2, 0.25) is 0 Å². The van der Waals surface area contributed by atoms with E-state index in [0.29, 0.717) is 0 Å². The van der Waals surface area contributed by atoms with Gasteiger partial charge in [-0.15, -0.1) is 0 Å². The van der Waals surface area contributed by atoms with Crippen LogP contribution in [-0.2, 0) is 35.3 Å². The lowest BCUT2D eigenvalue weighted by Gasteiger charge is -2.14. The quantitative estimate of drug-likeness (QED) is 0.363. The number of ether oxygens (including phenoxy) is 2. The molecular weight excluding hydrogens is 434 g/mol. The number of hydrogen-bond acceptors (Lipinski definition) is 7. The molecule has 0 saturated carbocycles. The molecule has 1 saturated heterocycles. The van der Waals surface area contributed by atoms with Gasteiger partial charge >= 0.3 is 11.9 Å². The average Bonchev–Trinajstić information content (AvgIpc) is 3.23. The topological polar surface area (TPSA) is 74.3 Å². The van der Waals surface area contributed by atoms with E-state index in [1.165, 1.54) is 12.2 Å². The Labute approximate surface area is 197 Å². The summed E-state index contributed by atoms with van der Waals surface area (Å²) in [6.07, 6.45) is 3.23. The number of carbonyl (C=O) groups excluding carboxylic acids is 2. The maximum atomic E-state index is 12.4. The maximum Gasteiger partial charge on any atom is 0.333 e. The molecule has 0 amide bonds. The summed E-state index contributed by atoms with van der Waals surface area (Å²) in [5.74, 6) is -1.33. The highest BCUT2D eigenvalue weighted by Crippen LogP contribution is 2.23. The lowest BCUT2D eigenvalue weighted by atomic mass is 10.2. The van der Waals surface area contributed by atoms with E-state index in [9.17, 15) is 9.59 Å². The van der Waals surface area contributed by atoms with Gasteiger partial charge in [0.05, 0.1) is 6.54 Å². The predicted molar refractivity (Wildman–Crippen MR) is 125 cm³/mol. The van der Waals surface area contributed by atoms with Crippen molar-refractivity contribution in [2.24, 2.45) is 0 Å². The lowest BCUT2D eigenvalue weighted by Crippen LogP contribution is -2.31. The first-order valence-electron chi connectivity index (χ1n) is 10.7. The predicted octanol–water partition coefficient (Wildman–Crippen LogP) is 4.53. The molecule has 0 radical (unpaired) electrons. The van der Waals surface area contributed by atoms with Gasteiger partial charge in [-0.3, -0.25) is 0 Å². The molecule has 0 N–H and O–H groups in total. The number of esters is 2. The molecule has 0 aliphatic carbocycles. The van der Waals surface area contributed by atoms with Crippen LogP contribution in [-0.4, -0.2) is 29.7 Å². The summed E-state index contributed by atoms with van der Waals surface area (Å²) in [7, 11) is 0. The van der Waals surface area contributed by atoms with Crippen molar-refractivity contribution in [3.05, 3.63) is 120 Å². The summed E-state index contributed by atoms with van der Waals surface area (Å²) in [6.45, 7) is 0.239. The van der Waals surface area contributed by atoms with Crippen molar-refractivity contribution >= 4 is 24.1 Å². The molecule has 1 fully saturated rings. The summed E-state index contributed by atoms with van der Waals surface area (Å²) in [5.41, 5.74) is 2.57. The van der Waals surface area contributed by atoms with Gasteiger partial charge in [-0.25, -0.2) is 19.3 Å². The highest BCUT2D eigenvalue weighted by molar-refractivity contribution is 5.88. The molecule has 1 heterocycles. The standard InChI is InChI=1S/C27H23NO6/c29-24(18-16-21-10-4-1-5-11-21)31-26-27(32-25(30)19-17-22-12-6-2-7-13-22)34-28(33-26)20-23-14-8-3-9-15-23/h1-19,26-27H,20H2. The van der Waals surface area contributed by atoms with Crippen LogP contribution in [0, 0.1) is 0 Å². The third kappa shape index (κ3) is 6.98. The fourth-order valence-electron chi connectivity index (χ4n) is 3.08. The van der Waals surface area contributed by atoms with E-state index < -0.39 is 24.5 Å². The van der Waals surface area contributed by atoms with Gasteiger partial charge in [-0.2, -0.15) is 0 Å². The van der Waals surface area contributed by atoms with Crippen LogP contribution in [0.4, 0.5) is 0 Å². The number of hydroxylamine groups is 2. The second-order valence-corrected chi connectivity index (χ2v) is 7.29. The molecule has 0 aromatic heterocycles. The van der Waals surface area contributed by atoms with Crippen molar-refractivity contribution < 1.29 is 28.7 Å². The van der Waals surface area contributed by atoms with E-state index in [1.54, 1.807) is 12.2 Å². The van der Waals surface area contributed by atoms with Crippen LogP contribution < -0.4 is 0 Å². The van der Waals surface area contributed by atoms with E-state index in [2.05, 4.69) is 0 Å². The molecule has 172 valence electrons. The molecule has 7 nitrogen and oxygen atoms in total. The van der Waals surface area contributed by atoms with Crippen molar-refractivity contribution in [1.29, 1.82) is 0 Å². The Morgan fingerprint density at radius 2 is 1.09 bits per heavy atom. The van der Waals surface area contributed by atoms with Crippen molar-refractivity contribution in [2.45, 2.75) is 19.1 Å². The van der Waals surface area contributed by atoms with E-state index in [-0.39, 0.29) is 6.54 Å². The van der Waals surface area contributed by atoms with Crippen LogP contribution in [0.5, 0.6) is 0 Å². The van der Waals surface area contributed by atoms with Gasteiger partial charge in [0.1, 0.15) is 0 Å². The second-order valence-electron chi connectivity index (χ2n) is 7.29. The highest BCUT2D eigenvalue weighted by atomic mass is 17.1. The monoisotopic (exact) mass is 457 g/mol. The van der Waals surface area contributed by atoms with E-state index in [4.69, 9.17) is 19.1 Å². The van der Waals surface area contributed by atoms with Gasteiger partial charge in [-0.05, 0) is 28.8 Å². The Hall–Kier alpha value is -4.04. The fraction of sp³-hybridized carbons (Fsp3) is 0.111. The van der Waals surface area contributed by atoms with Gasteiger partial charge in [0.2, 0.25) is 0 Å². The molecule has 0 bridgehead atoms. The van der Waals surface area contributed by atoms with Gasteiger partial charge < -0.3 is 9.47 Å². The highest BCUT2D eigenvalue weighted by Gasteiger charge is 2.41. The van der Waals surface area contributed by atoms with Crippen molar-refractivity contribution in [3.63, 3.8) is 0 Å². The van der Waals surface area contributed by atoms with Gasteiger partial charge in [-0.1, -0.05) is 96.2 Å². The normalized spacial score (nSPS) is 18.4. The summed E-state index contributed by atoms with van der Waals surface area (Å²) < 4.78 is 10.7. The van der Waals surface area contributed by atoms with Crippen LogP contribution in [0.15, 0.2) is 103 Å². The molecule has 3 aromatic carbocycles. The fourth-order valence-corrected chi connectivity index (χ4v) is 3.08. The van der Waals surface area contributed by atoms with Crippen molar-refractivity contribution in [1.82, 2.24) is 5.23 Å². The summed E-state index contributed by atoms with van der Waals surface area (Å²) in [6, 6.07) is 28.0. The summed E-state index contributed by atoms with van der Waals surface area (Å²) in [5, 5.41) is 1.13. The minimum atomic E-state index is -1.27. The van der Waals surface area contributed by atoms with Crippen LogP contribution in [0.1, 0.15) is 16.7 Å². The molecule has 7 heteroatoms. The second kappa shape index (κ2) is 11.7. The van der Waals surface area contributed by atoms with E-state index in [1.807, 2.05) is 91.0 Å². The first-order valence-corrected chi connectivity index (χ1v) is 10.7. The Morgan fingerprint density at radius 1 is 0.676 bits per heavy atom. The minimum absolute atomic E-state index is 0.239. The summed E-state index contributed by atoms with van der Waals surface area (Å²) >= 11 is 0. The molecule has 0 spiro atoms. The molecule has 4 rings (SSSR count). The summed E-state index contributed by atoms with van der Waals surface area (Å²) in [4.78, 5) is 35.9. The molecule has 2 unspecified atom stereocenters. The lowest BCUT2D eigenvalue weighted by molar-refractivity contribution is -0.343. The Balaban J connectivity index is 1.41. The van der Waals surface area contributed by atoms with Crippen LogP contribution >= 0.6 is 0 Å². The zero-order valence-corrected chi connectivity index (χ0v) is 18.2. The molecule has 1 aliphatic heterocycles. The van der Waals surface area contributed by atoms with Crippen LogP contribution in [0.3, 0.4) is 0 Å². The SMILES string of the molecule is O=C(C=Cc1ccccc1)OC1ON(Cc2ccccc2)OC1OC(=O)C=Cc1ccccc1. The first-order chi connectivity index (χ1) is 16.7. The van der Waals surface area contributed by atoms with Gasteiger partial charge in [0.15, 0.2) is 0 Å². The largest absolute Gasteiger partial charge is 0.424 e. The molecule has 2 atom stereocenters. The molecule has 3 aromatic rings. The third-order valence-corrected chi connectivity index (χ3v) is 4.71. The molecule has 34 heavy (non-hydrogen) atoms. The zero-order chi connectivity index (χ0) is 23.6. The third-order valence-electron chi connectivity index (χ3n) is 4.71.